The number of nitro benzene ring substituents is 1. The second kappa shape index (κ2) is 8.85. The maximum absolute atomic E-state index is 13.5. The smallest absolute Gasteiger partial charge is 0.312 e. The highest BCUT2D eigenvalue weighted by Gasteiger charge is 2.34. The summed E-state index contributed by atoms with van der Waals surface area (Å²) >= 11 is 0. The first-order chi connectivity index (χ1) is 13.8. The van der Waals surface area contributed by atoms with Gasteiger partial charge in [-0.3, -0.25) is 19.4 Å². The number of halogens is 1. The molecule has 29 heavy (non-hydrogen) atoms. The number of primary sulfonamides is 1. The van der Waals surface area contributed by atoms with Crippen LogP contribution in [-0.2, 0) is 16.6 Å². The van der Waals surface area contributed by atoms with Crippen molar-refractivity contribution in [3.05, 3.63) is 64.2 Å². The molecule has 1 saturated heterocycles. The molecule has 2 aromatic rings. The fourth-order valence-electron chi connectivity index (χ4n) is 3.51. The number of alkyl halides is 1. The molecule has 2 aromatic carbocycles. The molecule has 1 heterocycles. The van der Waals surface area contributed by atoms with Gasteiger partial charge in [-0.25, -0.2) is 13.6 Å². The largest absolute Gasteiger partial charge is 0.486 e. The average molecular weight is 423 g/mol. The lowest BCUT2D eigenvalue weighted by molar-refractivity contribution is -0.386. The summed E-state index contributed by atoms with van der Waals surface area (Å²) in [6, 6.07) is 13.1. The van der Waals surface area contributed by atoms with Crippen LogP contribution in [0.3, 0.4) is 0 Å². The Labute approximate surface area is 168 Å². The molecule has 0 unspecified atom stereocenters. The maximum atomic E-state index is 13.5. The first-order valence-corrected chi connectivity index (χ1v) is 10.6. The predicted molar refractivity (Wildman–Crippen MR) is 105 cm³/mol. The Morgan fingerprint density at radius 3 is 2.48 bits per heavy atom. The van der Waals surface area contributed by atoms with Crippen molar-refractivity contribution in [2.45, 2.75) is 11.4 Å². The van der Waals surface area contributed by atoms with E-state index in [0.29, 0.717) is 19.6 Å². The van der Waals surface area contributed by atoms with Crippen LogP contribution in [0.25, 0.3) is 0 Å². The highest BCUT2D eigenvalue weighted by molar-refractivity contribution is 7.89. The van der Waals surface area contributed by atoms with E-state index in [-0.39, 0.29) is 29.1 Å². The van der Waals surface area contributed by atoms with E-state index in [9.17, 15) is 22.9 Å². The zero-order valence-electron chi connectivity index (χ0n) is 15.6. The molecule has 1 fully saturated rings. The molecule has 1 aliphatic heterocycles. The second-order valence-electron chi connectivity index (χ2n) is 7.10. The van der Waals surface area contributed by atoms with Crippen molar-refractivity contribution >= 4 is 15.7 Å². The third-order valence-electron chi connectivity index (χ3n) is 5.01. The van der Waals surface area contributed by atoms with Crippen molar-refractivity contribution in [2.24, 2.45) is 17.0 Å². The highest BCUT2D eigenvalue weighted by Crippen LogP contribution is 2.32. The number of nitrogens with two attached hydrogens (primary N) is 1. The molecule has 8 nitrogen and oxygen atoms in total. The zero-order valence-corrected chi connectivity index (χ0v) is 16.4. The van der Waals surface area contributed by atoms with Crippen LogP contribution < -0.4 is 9.88 Å². The van der Waals surface area contributed by atoms with Crippen LogP contribution in [0.1, 0.15) is 5.56 Å². The van der Waals surface area contributed by atoms with E-state index in [1.165, 1.54) is 6.07 Å². The minimum atomic E-state index is -4.07. The summed E-state index contributed by atoms with van der Waals surface area (Å²) < 4.78 is 42.0. The van der Waals surface area contributed by atoms with Gasteiger partial charge in [0.05, 0.1) is 23.1 Å². The topological polar surface area (TPSA) is 116 Å². The average Bonchev–Trinajstić information content (AvgIpc) is 3.07. The molecule has 156 valence electrons. The van der Waals surface area contributed by atoms with Crippen LogP contribution >= 0.6 is 0 Å². The monoisotopic (exact) mass is 423 g/mol. The van der Waals surface area contributed by atoms with Gasteiger partial charge < -0.3 is 4.74 Å². The van der Waals surface area contributed by atoms with Gasteiger partial charge in [0.2, 0.25) is 10.0 Å². The van der Waals surface area contributed by atoms with Gasteiger partial charge in [-0.1, -0.05) is 30.3 Å². The first-order valence-electron chi connectivity index (χ1n) is 9.04. The van der Waals surface area contributed by atoms with Crippen molar-refractivity contribution in [1.29, 1.82) is 0 Å². The molecule has 1 aliphatic rings. The number of nitro groups is 1. The van der Waals surface area contributed by atoms with Gasteiger partial charge >= 0.3 is 5.69 Å². The normalized spacial score (nSPS) is 19.9. The van der Waals surface area contributed by atoms with Crippen molar-refractivity contribution in [1.82, 2.24) is 4.90 Å². The quantitative estimate of drug-likeness (QED) is 0.515. The van der Waals surface area contributed by atoms with E-state index < -0.39 is 27.3 Å². The Morgan fingerprint density at radius 2 is 1.86 bits per heavy atom. The van der Waals surface area contributed by atoms with Gasteiger partial charge in [0, 0.05) is 37.5 Å². The molecule has 0 aromatic heterocycles. The number of rotatable bonds is 8. The van der Waals surface area contributed by atoms with E-state index in [1.54, 1.807) is 0 Å². The summed E-state index contributed by atoms with van der Waals surface area (Å²) in [5, 5.41) is 16.3. The fraction of sp³-hybridized carbons (Fsp3) is 0.368. The third kappa shape index (κ3) is 5.28. The third-order valence-corrected chi connectivity index (χ3v) is 5.92. The molecular weight excluding hydrogens is 401 g/mol. The number of ether oxygens (including phenoxy) is 1. The molecule has 0 amide bonds. The maximum Gasteiger partial charge on any atom is 0.312 e. The van der Waals surface area contributed by atoms with Crippen LogP contribution in [0.4, 0.5) is 10.1 Å². The summed E-state index contributed by atoms with van der Waals surface area (Å²) in [4.78, 5) is 12.3. The Hall–Kier alpha value is -2.56. The molecule has 0 saturated carbocycles. The van der Waals surface area contributed by atoms with Gasteiger partial charge in [0.1, 0.15) is 0 Å². The number of likely N-dealkylation sites (tertiary alicyclic amines) is 1. The van der Waals surface area contributed by atoms with E-state index in [0.717, 1.165) is 17.7 Å². The number of sulfonamides is 1. The summed E-state index contributed by atoms with van der Waals surface area (Å²) in [5.41, 5.74) is 0.633. The molecule has 3 rings (SSSR count). The summed E-state index contributed by atoms with van der Waals surface area (Å²) in [7, 11) is -4.07. The van der Waals surface area contributed by atoms with Crippen LogP contribution in [0.5, 0.6) is 5.75 Å². The SMILES string of the molecule is NS(=O)(=O)c1ccc(OC[C@@H]2CN(Cc3ccccc3)C[C@H]2CF)c([N+](=O)[O-])c1. The molecule has 10 heteroatoms. The second-order valence-corrected chi connectivity index (χ2v) is 8.66. The molecular formula is C19H22FN3O5S. The number of nitrogens with zero attached hydrogens (tertiary/aromatic N) is 2. The van der Waals surface area contributed by atoms with Gasteiger partial charge in [-0.2, -0.15) is 0 Å². The van der Waals surface area contributed by atoms with E-state index in [1.807, 2.05) is 30.3 Å². The Bertz CT molecular complexity index is 971. The van der Waals surface area contributed by atoms with Gasteiger partial charge in [-0.05, 0) is 17.7 Å². The number of hydrogen-bond acceptors (Lipinski definition) is 6. The number of hydrogen-bond donors (Lipinski definition) is 1. The number of benzene rings is 2. The Morgan fingerprint density at radius 1 is 1.17 bits per heavy atom. The van der Waals surface area contributed by atoms with Gasteiger partial charge in [0.15, 0.2) is 5.75 Å². The van der Waals surface area contributed by atoms with Crippen LogP contribution in [0.15, 0.2) is 53.4 Å². The van der Waals surface area contributed by atoms with Crippen LogP contribution in [0.2, 0.25) is 0 Å². The Balaban J connectivity index is 1.69. The van der Waals surface area contributed by atoms with Crippen LogP contribution in [0, 0.1) is 22.0 Å². The van der Waals surface area contributed by atoms with Crippen molar-refractivity contribution in [2.75, 3.05) is 26.4 Å². The lowest BCUT2D eigenvalue weighted by Crippen LogP contribution is -2.23. The summed E-state index contributed by atoms with van der Waals surface area (Å²) in [5.74, 6) is -0.441. The standard InChI is InChI=1S/C19H22FN3O5S/c20-9-15-11-22(10-14-4-2-1-3-5-14)12-16(15)13-28-19-7-6-17(29(21,26)27)8-18(19)23(24)25/h1-8,15-16H,9-13H2,(H2,21,26,27)/t15-,16+/m1/s1. The minimum absolute atomic E-state index is 0.0680. The fourth-order valence-corrected chi connectivity index (χ4v) is 4.04. The van der Waals surface area contributed by atoms with Crippen molar-refractivity contribution < 1.29 is 22.5 Å². The summed E-state index contributed by atoms with van der Waals surface area (Å²) in [6.07, 6.45) is 0. The minimum Gasteiger partial charge on any atom is -0.486 e. The molecule has 0 radical (unpaired) electrons. The molecule has 2 atom stereocenters. The van der Waals surface area contributed by atoms with E-state index in [2.05, 4.69) is 4.90 Å². The lowest BCUT2D eigenvalue weighted by atomic mass is 9.98. The van der Waals surface area contributed by atoms with Crippen LogP contribution in [-0.4, -0.2) is 44.6 Å². The van der Waals surface area contributed by atoms with Gasteiger partial charge in [0.25, 0.3) is 0 Å². The molecule has 0 spiro atoms. The molecule has 0 bridgehead atoms. The predicted octanol–water partition coefficient (Wildman–Crippen LogP) is 2.34. The van der Waals surface area contributed by atoms with E-state index >= 15 is 0 Å². The van der Waals surface area contributed by atoms with Crippen molar-refractivity contribution in [3.8, 4) is 5.75 Å². The Kier molecular flexibility index (Phi) is 6.46. The molecule has 0 aliphatic carbocycles. The van der Waals surface area contributed by atoms with E-state index in [4.69, 9.17) is 9.88 Å². The first kappa shape index (κ1) is 21.2. The highest BCUT2D eigenvalue weighted by atomic mass is 32.2. The van der Waals surface area contributed by atoms with Gasteiger partial charge in [-0.15, -0.1) is 0 Å². The molecule has 2 N–H and O–H groups in total. The lowest BCUT2D eigenvalue weighted by Gasteiger charge is -2.17. The zero-order chi connectivity index (χ0) is 21.0. The summed E-state index contributed by atoms with van der Waals surface area (Å²) in [6.45, 7) is 1.46. The van der Waals surface area contributed by atoms with Crippen molar-refractivity contribution in [3.63, 3.8) is 0 Å².